The van der Waals surface area contributed by atoms with Crippen LogP contribution in [0.3, 0.4) is 0 Å². The quantitative estimate of drug-likeness (QED) is 0.676. The van der Waals surface area contributed by atoms with Gasteiger partial charge in [-0.1, -0.05) is 29.3 Å². The molecule has 2 heterocycles. The first-order chi connectivity index (χ1) is 12.9. The third-order valence-corrected chi connectivity index (χ3v) is 5.83. The average molecular weight is 404 g/mol. The SMILES string of the molecule is Cc1cc(Cl)cc2c1OC1(CCN(C(=O)c3cccc(Cl)c3)CC1)CC2=O. The smallest absolute Gasteiger partial charge is 0.253 e. The van der Waals surface area contributed by atoms with Crippen molar-refractivity contribution in [2.24, 2.45) is 0 Å². The Morgan fingerprint density at radius 2 is 1.85 bits per heavy atom. The highest BCUT2D eigenvalue weighted by atomic mass is 35.5. The predicted molar refractivity (Wildman–Crippen MR) is 105 cm³/mol. The molecule has 140 valence electrons. The first-order valence-electron chi connectivity index (χ1n) is 8.94. The number of fused-ring (bicyclic) bond motifs is 1. The third-order valence-electron chi connectivity index (χ3n) is 5.37. The Bertz CT molecular complexity index is 933. The number of carbonyl (C=O) groups is 2. The Balaban J connectivity index is 1.52. The molecule has 4 rings (SSSR count). The first-order valence-corrected chi connectivity index (χ1v) is 9.70. The number of piperidine rings is 1. The maximum atomic E-state index is 12.7. The standard InChI is InChI=1S/C21H19Cl2NO3/c1-13-9-16(23)11-17-18(25)12-21(27-19(13)17)5-7-24(8-6-21)20(26)14-3-2-4-15(22)10-14/h2-4,9-11H,5-8,12H2,1H3. The summed E-state index contributed by atoms with van der Waals surface area (Å²) >= 11 is 12.1. The summed E-state index contributed by atoms with van der Waals surface area (Å²) in [5.74, 6) is 0.639. The van der Waals surface area contributed by atoms with Gasteiger partial charge in [0.15, 0.2) is 5.78 Å². The maximum absolute atomic E-state index is 12.7. The molecular formula is C21H19Cl2NO3. The number of carbonyl (C=O) groups excluding carboxylic acids is 2. The highest BCUT2D eigenvalue weighted by Crippen LogP contribution is 2.42. The molecule has 0 aliphatic carbocycles. The molecule has 2 aliphatic heterocycles. The number of benzene rings is 2. The van der Waals surface area contributed by atoms with Gasteiger partial charge in [0, 0.05) is 41.5 Å². The highest BCUT2D eigenvalue weighted by molar-refractivity contribution is 6.31. The number of hydrogen-bond acceptors (Lipinski definition) is 3. The lowest BCUT2D eigenvalue weighted by molar-refractivity contribution is -0.00616. The van der Waals surface area contributed by atoms with E-state index in [1.165, 1.54) is 0 Å². The van der Waals surface area contributed by atoms with Crippen molar-refractivity contribution in [2.75, 3.05) is 13.1 Å². The Labute approximate surface area is 168 Å². The number of ketones is 1. The zero-order valence-corrected chi connectivity index (χ0v) is 16.4. The van der Waals surface area contributed by atoms with Gasteiger partial charge >= 0.3 is 0 Å². The summed E-state index contributed by atoms with van der Waals surface area (Å²) in [6.45, 7) is 2.98. The van der Waals surface area contributed by atoms with Crippen molar-refractivity contribution < 1.29 is 14.3 Å². The summed E-state index contributed by atoms with van der Waals surface area (Å²) in [5.41, 5.74) is 1.45. The molecule has 2 aliphatic rings. The molecule has 0 bridgehead atoms. The number of halogens is 2. The number of rotatable bonds is 1. The minimum Gasteiger partial charge on any atom is -0.486 e. The number of nitrogens with zero attached hydrogens (tertiary/aromatic N) is 1. The van der Waals surface area contributed by atoms with Crippen molar-refractivity contribution in [1.82, 2.24) is 4.90 Å². The molecule has 0 saturated carbocycles. The van der Waals surface area contributed by atoms with E-state index in [9.17, 15) is 9.59 Å². The molecule has 0 N–H and O–H groups in total. The minimum absolute atomic E-state index is 0.0437. The third kappa shape index (κ3) is 3.44. The molecule has 0 radical (unpaired) electrons. The summed E-state index contributed by atoms with van der Waals surface area (Å²) in [6, 6.07) is 10.5. The summed E-state index contributed by atoms with van der Waals surface area (Å²) in [7, 11) is 0. The van der Waals surface area contributed by atoms with Gasteiger partial charge in [-0.25, -0.2) is 0 Å². The predicted octanol–water partition coefficient (Wildman–Crippen LogP) is 4.94. The Morgan fingerprint density at radius 1 is 1.11 bits per heavy atom. The number of aryl methyl sites for hydroxylation is 1. The van der Waals surface area contributed by atoms with Gasteiger partial charge in [0.25, 0.3) is 5.91 Å². The van der Waals surface area contributed by atoms with Gasteiger partial charge < -0.3 is 9.64 Å². The molecule has 2 aromatic rings. The molecule has 27 heavy (non-hydrogen) atoms. The molecule has 1 amide bonds. The van der Waals surface area contributed by atoms with E-state index in [1.807, 2.05) is 13.0 Å². The normalized spacial score (nSPS) is 18.2. The number of hydrogen-bond donors (Lipinski definition) is 0. The van der Waals surface area contributed by atoms with Gasteiger partial charge in [-0.3, -0.25) is 9.59 Å². The van der Waals surface area contributed by atoms with Crippen LogP contribution in [0.2, 0.25) is 10.0 Å². The summed E-state index contributed by atoms with van der Waals surface area (Å²) in [5, 5.41) is 1.09. The fraction of sp³-hybridized carbons (Fsp3) is 0.333. The van der Waals surface area contributed by atoms with Crippen LogP contribution in [0, 0.1) is 6.92 Å². The largest absolute Gasteiger partial charge is 0.486 e. The van der Waals surface area contributed by atoms with Crippen LogP contribution in [-0.4, -0.2) is 35.3 Å². The van der Waals surface area contributed by atoms with E-state index < -0.39 is 5.60 Å². The lowest BCUT2D eigenvalue weighted by Crippen LogP contribution is -2.52. The Kier molecular flexibility index (Phi) is 4.65. The van der Waals surface area contributed by atoms with E-state index in [4.69, 9.17) is 27.9 Å². The molecular weight excluding hydrogens is 385 g/mol. The lowest BCUT2D eigenvalue weighted by Gasteiger charge is -2.44. The van der Waals surface area contributed by atoms with Gasteiger partial charge in [-0.15, -0.1) is 0 Å². The van der Waals surface area contributed by atoms with E-state index in [1.54, 1.807) is 35.2 Å². The lowest BCUT2D eigenvalue weighted by atomic mass is 9.82. The van der Waals surface area contributed by atoms with Crippen molar-refractivity contribution in [3.05, 3.63) is 63.1 Å². The molecule has 1 spiro atoms. The van der Waals surface area contributed by atoms with Crippen LogP contribution in [0.15, 0.2) is 36.4 Å². The van der Waals surface area contributed by atoms with Crippen molar-refractivity contribution in [3.8, 4) is 5.75 Å². The van der Waals surface area contributed by atoms with Crippen LogP contribution in [0.5, 0.6) is 5.75 Å². The van der Waals surface area contributed by atoms with E-state index in [0.29, 0.717) is 59.3 Å². The van der Waals surface area contributed by atoms with Crippen molar-refractivity contribution in [3.63, 3.8) is 0 Å². The van der Waals surface area contributed by atoms with Gasteiger partial charge in [0.05, 0.1) is 12.0 Å². The zero-order valence-electron chi connectivity index (χ0n) is 14.9. The zero-order chi connectivity index (χ0) is 19.2. The van der Waals surface area contributed by atoms with Crippen LogP contribution in [0.25, 0.3) is 0 Å². The second-order valence-electron chi connectivity index (χ2n) is 7.29. The summed E-state index contributed by atoms with van der Waals surface area (Å²) in [6.07, 6.45) is 1.55. The molecule has 1 saturated heterocycles. The van der Waals surface area contributed by atoms with E-state index in [0.717, 1.165) is 5.56 Å². The fourth-order valence-electron chi connectivity index (χ4n) is 3.91. The van der Waals surface area contributed by atoms with Crippen LogP contribution in [0.4, 0.5) is 0 Å². The van der Waals surface area contributed by atoms with Crippen LogP contribution < -0.4 is 4.74 Å². The molecule has 4 nitrogen and oxygen atoms in total. The topological polar surface area (TPSA) is 46.6 Å². The monoisotopic (exact) mass is 403 g/mol. The number of amides is 1. The molecule has 0 unspecified atom stereocenters. The number of Topliss-reactive ketones (excluding diaryl/α,β-unsaturated/α-hetero) is 1. The van der Waals surface area contributed by atoms with Gasteiger partial charge in [0.1, 0.15) is 11.4 Å². The minimum atomic E-state index is -0.548. The molecule has 0 atom stereocenters. The summed E-state index contributed by atoms with van der Waals surface area (Å²) in [4.78, 5) is 27.2. The van der Waals surface area contributed by atoms with Gasteiger partial charge in [-0.05, 0) is 42.8 Å². The number of likely N-dealkylation sites (tertiary alicyclic amines) is 1. The second-order valence-corrected chi connectivity index (χ2v) is 8.16. The van der Waals surface area contributed by atoms with E-state index >= 15 is 0 Å². The maximum Gasteiger partial charge on any atom is 0.253 e. The van der Waals surface area contributed by atoms with Gasteiger partial charge in [0.2, 0.25) is 0 Å². The van der Waals surface area contributed by atoms with Crippen molar-refractivity contribution in [1.29, 1.82) is 0 Å². The number of ether oxygens (including phenoxy) is 1. The van der Waals surface area contributed by atoms with Crippen molar-refractivity contribution in [2.45, 2.75) is 31.8 Å². The van der Waals surface area contributed by atoms with E-state index in [-0.39, 0.29) is 11.7 Å². The Morgan fingerprint density at radius 3 is 2.56 bits per heavy atom. The average Bonchev–Trinajstić information content (AvgIpc) is 2.63. The molecule has 6 heteroatoms. The molecule has 0 aromatic heterocycles. The van der Waals surface area contributed by atoms with Crippen LogP contribution in [-0.2, 0) is 0 Å². The fourth-order valence-corrected chi connectivity index (χ4v) is 4.38. The molecule has 2 aromatic carbocycles. The van der Waals surface area contributed by atoms with Crippen LogP contribution in [0.1, 0.15) is 45.5 Å². The highest BCUT2D eigenvalue weighted by Gasteiger charge is 2.44. The summed E-state index contributed by atoms with van der Waals surface area (Å²) < 4.78 is 6.33. The first kappa shape index (κ1) is 18.3. The van der Waals surface area contributed by atoms with Gasteiger partial charge in [-0.2, -0.15) is 0 Å². The molecule has 1 fully saturated rings. The second kappa shape index (κ2) is 6.84. The van der Waals surface area contributed by atoms with E-state index in [2.05, 4.69) is 0 Å². The Hall–Kier alpha value is -2.04. The van der Waals surface area contributed by atoms with Crippen LogP contribution >= 0.6 is 23.2 Å². The van der Waals surface area contributed by atoms with Crippen molar-refractivity contribution >= 4 is 34.9 Å².